The number of carbonyl (C=O) groups is 1. The van der Waals surface area contributed by atoms with Crippen molar-refractivity contribution in [2.45, 2.75) is 111 Å². The van der Waals surface area contributed by atoms with E-state index in [1.165, 1.54) is 51.6 Å². The van der Waals surface area contributed by atoms with Crippen LogP contribution < -0.4 is 0 Å². The van der Waals surface area contributed by atoms with Crippen LogP contribution in [0.2, 0.25) is 0 Å². The van der Waals surface area contributed by atoms with Gasteiger partial charge in [-0.3, -0.25) is 4.79 Å². The van der Waals surface area contributed by atoms with Gasteiger partial charge in [0.05, 0.1) is 23.8 Å². The zero-order chi connectivity index (χ0) is 34.9. The van der Waals surface area contributed by atoms with Crippen LogP contribution in [0.3, 0.4) is 0 Å². The second-order valence-corrected chi connectivity index (χ2v) is 15.6. The lowest BCUT2D eigenvalue weighted by molar-refractivity contribution is -0.119. The van der Waals surface area contributed by atoms with E-state index in [9.17, 15) is 9.90 Å². The van der Waals surface area contributed by atoms with E-state index in [0.29, 0.717) is 30.3 Å². The number of ketones is 1. The molecule has 0 saturated heterocycles. The fourth-order valence-corrected chi connectivity index (χ4v) is 9.74. The van der Waals surface area contributed by atoms with E-state index >= 15 is 0 Å². The van der Waals surface area contributed by atoms with Crippen LogP contribution in [-0.2, 0) is 41.3 Å². The first-order valence-electron chi connectivity index (χ1n) is 18.1. The highest BCUT2D eigenvalue weighted by atomic mass is 16.5. The molecular formula is C43H51N5O3. The van der Waals surface area contributed by atoms with E-state index in [0.717, 1.165) is 61.5 Å². The zero-order valence-corrected chi connectivity index (χ0v) is 30.1. The van der Waals surface area contributed by atoms with E-state index in [2.05, 4.69) is 104 Å². The first-order valence-corrected chi connectivity index (χ1v) is 18.1. The van der Waals surface area contributed by atoms with Crippen LogP contribution in [0, 0.1) is 39.5 Å². The summed E-state index contributed by atoms with van der Waals surface area (Å²) in [6, 6.07) is 17.0. The minimum atomic E-state index is -0.186. The summed E-state index contributed by atoms with van der Waals surface area (Å²) in [5.41, 5.74) is 11.7. The van der Waals surface area contributed by atoms with Gasteiger partial charge in [0.25, 0.3) is 0 Å². The number of aryl methyl sites for hydroxylation is 4. The van der Waals surface area contributed by atoms with Crippen molar-refractivity contribution >= 4 is 5.78 Å². The van der Waals surface area contributed by atoms with Crippen LogP contribution in [0.5, 0.6) is 0 Å². The minimum Gasteiger partial charge on any atom is -0.515 e. The smallest absolute Gasteiger partial charge is 0.162 e. The predicted molar refractivity (Wildman–Crippen MR) is 200 cm³/mol. The Morgan fingerprint density at radius 3 is 1.82 bits per heavy atom. The molecule has 0 bridgehead atoms. The highest BCUT2D eigenvalue weighted by Gasteiger charge is 2.49. The number of benzene rings is 2. The number of aliphatic hydroxyl groups excluding tert-OH is 1. The topological polar surface area (TPSA) is 99.0 Å². The zero-order valence-electron chi connectivity index (χ0n) is 30.1. The molecule has 4 atom stereocenters. The Labute approximate surface area is 301 Å². The molecule has 1 fully saturated rings. The number of aromatic nitrogens is 5. The molecule has 3 aromatic heterocycles. The predicted octanol–water partition coefficient (Wildman–Crippen LogP) is 8.85. The number of allylic oxidation sites excluding steroid dienone is 1. The Morgan fingerprint density at radius 2 is 1.29 bits per heavy atom. The fraction of sp³-hybridized carbons (Fsp3) is 0.442. The van der Waals surface area contributed by atoms with Crippen LogP contribution in [-0.4, -0.2) is 35.1 Å². The number of Topliss-reactive ketones (excluding diaryl/α,β-unsaturated/α-hetero) is 1. The lowest BCUT2D eigenvalue weighted by Gasteiger charge is -2.44. The van der Waals surface area contributed by atoms with Crippen molar-refractivity contribution in [3.05, 3.63) is 123 Å². The Hall–Kier alpha value is -4.72. The number of hydrogen-bond donors (Lipinski definition) is 1. The summed E-state index contributed by atoms with van der Waals surface area (Å²) in [5.74, 6) is 4.14. The van der Waals surface area contributed by atoms with E-state index in [4.69, 9.17) is 14.5 Å². The number of carbonyl (C=O) groups excluding carboxylic acids is 1. The Kier molecular flexibility index (Phi) is 8.71. The number of imidazole rings is 2. The van der Waals surface area contributed by atoms with Gasteiger partial charge >= 0.3 is 0 Å². The Balaban J connectivity index is 0.000000156. The van der Waals surface area contributed by atoms with Gasteiger partial charge in [-0.05, 0) is 101 Å². The standard InChI is InChI=1S/C21H23N3O.C21H24N2O2.CH4/c1-13-6-4-5-7-17(13)24-14(2)23-20-18(24)9-8-16-10-19-15(12-22-25-19)11-21(16,20)3;1-13-6-4-5-7-17(13)23-14(2)22-20-18(23)9-8-16-10-19(25)15(12-24)11-21(16,20)3;/h4-7,12,16H,8-11H2,1-3H3;4-7,12,16,24H,8-11H2,1-3H3;1H4/b;15-12-;. The van der Waals surface area contributed by atoms with Crippen LogP contribution in [0.1, 0.15) is 104 Å². The lowest BCUT2D eigenvalue weighted by atomic mass is 9.59. The summed E-state index contributed by atoms with van der Waals surface area (Å²) in [4.78, 5) is 22.3. The number of para-hydroxylation sites is 2. The van der Waals surface area contributed by atoms with Crippen LogP contribution in [0.25, 0.3) is 11.4 Å². The van der Waals surface area contributed by atoms with Crippen molar-refractivity contribution in [2.24, 2.45) is 11.8 Å². The Bertz CT molecular complexity index is 2170. The van der Waals surface area contributed by atoms with E-state index in [-0.39, 0.29) is 24.0 Å². The molecule has 5 aromatic rings. The van der Waals surface area contributed by atoms with E-state index in [1.807, 2.05) is 6.20 Å². The number of hydrogen-bond acceptors (Lipinski definition) is 6. The third-order valence-corrected chi connectivity index (χ3v) is 12.6. The quantitative estimate of drug-likeness (QED) is 0.147. The van der Waals surface area contributed by atoms with Crippen molar-refractivity contribution in [2.75, 3.05) is 0 Å². The molecule has 8 heteroatoms. The van der Waals surface area contributed by atoms with Gasteiger partial charge in [-0.2, -0.15) is 0 Å². The number of fused-ring (bicyclic) bond motifs is 7. The van der Waals surface area contributed by atoms with Crippen molar-refractivity contribution in [3.63, 3.8) is 0 Å². The van der Waals surface area contributed by atoms with Crippen molar-refractivity contribution in [1.29, 1.82) is 0 Å². The second kappa shape index (κ2) is 12.8. The first kappa shape index (κ1) is 34.7. The van der Waals surface area contributed by atoms with Crippen molar-refractivity contribution < 1.29 is 14.4 Å². The highest BCUT2D eigenvalue weighted by Crippen LogP contribution is 2.51. The maximum atomic E-state index is 12.2. The number of aliphatic hydroxyl groups is 1. The SMILES string of the molecule is C.Cc1ccccc1-n1c(C)nc2c1CCC1CC(=O)/C(=C\O)CC21C.Cc1ccccc1-n1c(C)nc2c1CCC1Cc3oncc3CC21C. The van der Waals surface area contributed by atoms with Gasteiger partial charge in [-0.25, -0.2) is 9.97 Å². The van der Waals surface area contributed by atoms with Gasteiger partial charge in [0.1, 0.15) is 17.4 Å². The molecule has 0 amide bonds. The summed E-state index contributed by atoms with van der Waals surface area (Å²) in [5, 5.41) is 13.5. The largest absolute Gasteiger partial charge is 0.515 e. The normalized spacial score (nSPS) is 25.4. The average Bonchev–Trinajstić information content (AvgIpc) is 3.79. The van der Waals surface area contributed by atoms with Crippen molar-refractivity contribution in [3.8, 4) is 11.4 Å². The number of nitrogens with zero attached hydrogens (tertiary/aromatic N) is 5. The van der Waals surface area contributed by atoms with Gasteiger partial charge in [-0.15, -0.1) is 0 Å². The highest BCUT2D eigenvalue weighted by molar-refractivity contribution is 5.96. The second-order valence-electron chi connectivity index (χ2n) is 15.6. The molecule has 1 saturated carbocycles. The molecule has 3 heterocycles. The molecule has 4 aliphatic rings. The van der Waals surface area contributed by atoms with Crippen LogP contribution >= 0.6 is 0 Å². The van der Waals surface area contributed by atoms with Gasteiger partial charge in [0, 0.05) is 57.6 Å². The third kappa shape index (κ3) is 5.40. The molecule has 0 aliphatic heterocycles. The fourth-order valence-electron chi connectivity index (χ4n) is 9.74. The molecule has 2 aromatic carbocycles. The molecule has 4 aliphatic carbocycles. The summed E-state index contributed by atoms with van der Waals surface area (Å²) in [6.45, 7) is 13.1. The summed E-state index contributed by atoms with van der Waals surface area (Å²) in [7, 11) is 0. The van der Waals surface area contributed by atoms with E-state index < -0.39 is 0 Å². The summed E-state index contributed by atoms with van der Waals surface area (Å²) >= 11 is 0. The molecule has 4 unspecified atom stereocenters. The number of rotatable bonds is 2. The maximum Gasteiger partial charge on any atom is 0.162 e. The molecule has 9 rings (SSSR count). The molecule has 0 radical (unpaired) electrons. The third-order valence-electron chi connectivity index (χ3n) is 12.6. The van der Waals surface area contributed by atoms with Gasteiger partial charge in [0.15, 0.2) is 5.78 Å². The first-order chi connectivity index (χ1) is 24.0. The molecule has 8 nitrogen and oxygen atoms in total. The van der Waals surface area contributed by atoms with Crippen molar-refractivity contribution in [1.82, 2.24) is 24.3 Å². The Morgan fingerprint density at radius 1 is 0.784 bits per heavy atom. The summed E-state index contributed by atoms with van der Waals surface area (Å²) < 4.78 is 10.1. The molecule has 51 heavy (non-hydrogen) atoms. The van der Waals surface area contributed by atoms with E-state index in [1.54, 1.807) is 0 Å². The van der Waals surface area contributed by atoms with Crippen LogP contribution in [0.4, 0.5) is 0 Å². The monoisotopic (exact) mass is 685 g/mol. The lowest BCUT2D eigenvalue weighted by Crippen LogP contribution is -2.43. The van der Waals surface area contributed by atoms with Gasteiger partial charge < -0.3 is 18.8 Å². The van der Waals surface area contributed by atoms with Gasteiger partial charge in [0.2, 0.25) is 0 Å². The maximum absolute atomic E-state index is 12.2. The van der Waals surface area contributed by atoms with Gasteiger partial charge in [-0.1, -0.05) is 62.8 Å². The molecular weight excluding hydrogens is 635 g/mol. The molecule has 266 valence electrons. The van der Waals surface area contributed by atoms with Crippen LogP contribution in [0.15, 0.2) is 71.1 Å². The molecule has 1 N–H and O–H groups in total. The summed E-state index contributed by atoms with van der Waals surface area (Å²) in [6.07, 6.45) is 10.1. The average molecular weight is 686 g/mol. The molecule has 0 spiro atoms. The minimum absolute atomic E-state index is 0.